The average Bonchev–Trinajstić information content (AvgIpc) is 3.04. The molecule has 3 aromatic rings. The SMILES string of the molecule is Cc1cccc(-c2nnc(SCCOc3ccccc3)n2C(C)C)c1. The topological polar surface area (TPSA) is 39.9 Å². The van der Waals surface area contributed by atoms with Crippen LogP contribution in [0.5, 0.6) is 5.75 Å². The standard InChI is InChI=1S/C20H23N3OS/c1-15(2)23-19(17-9-7-8-16(3)14-17)21-22-20(23)25-13-12-24-18-10-5-4-6-11-18/h4-11,14-15H,12-13H2,1-3H3. The molecule has 0 fully saturated rings. The molecule has 0 radical (unpaired) electrons. The number of ether oxygens (including phenoxy) is 1. The largest absolute Gasteiger partial charge is 0.493 e. The Bertz CT molecular complexity index is 815. The summed E-state index contributed by atoms with van der Waals surface area (Å²) in [6.45, 7) is 7.05. The summed E-state index contributed by atoms with van der Waals surface area (Å²) >= 11 is 1.68. The molecule has 25 heavy (non-hydrogen) atoms. The van der Waals surface area contributed by atoms with Crippen LogP contribution in [0.15, 0.2) is 59.8 Å². The van der Waals surface area contributed by atoms with Gasteiger partial charge in [-0.05, 0) is 39.0 Å². The van der Waals surface area contributed by atoms with Crippen molar-refractivity contribution in [3.63, 3.8) is 0 Å². The molecule has 1 aromatic heterocycles. The molecule has 0 aliphatic rings. The molecule has 0 atom stereocenters. The van der Waals surface area contributed by atoms with E-state index in [0.717, 1.165) is 28.0 Å². The average molecular weight is 353 g/mol. The Balaban J connectivity index is 1.69. The van der Waals surface area contributed by atoms with Crippen LogP contribution >= 0.6 is 11.8 Å². The molecule has 2 aromatic carbocycles. The molecule has 0 spiro atoms. The Hall–Kier alpha value is -2.27. The Labute approximate surface area is 153 Å². The molecular formula is C20H23N3OS. The highest BCUT2D eigenvalue weighted by Gasteiger charge is 2.16. The van der Waals surface area contributed by atoms with Crippen molar-refractivity contribution in [2.45, 2.75) is 32.0 Å². The van der Waals surface area contributed by atoms with Gasteiger partial charge in [0.1, 0.15) is 5.75 Å². The number of aromatic nitrogens is 3. The molecule has 4 nitrogen and oxygen atoms in total. The first-order valence-electron chi connectivity index (χ1n) is 8.47. The van der Waals surface area contributed by atoms with E-state index < -0.39 is 0 Å². The van der Waals surface area contributed by atoms with Gasteiger partial charge in [0.15, 0.2) is 11.0 Å². The fraction of sp³-hybridized carbons (Fsp3) is 0.300. The van der Waals surface area contributed by atoms with Gasteiger partial charge in [-0.25, -0.2) is 0 Å². The number of hydrogen-bond acceptors (Lipinski definition) is 4. The van der Waals surface area contributed by atoms with Crippen LogP contribution < -0.4 is 4.74 Å². The first-order valence-corrected chi connectivity index (χ1v) is 9.46. The summed E-state index contributed by atoms with van der Waals surface area (Å²) in [7, 11) is 0. The highest BCUT2D eigenvalue weighted by atomic mass is 32.2. The van der Waals surface area contributed by atoms with Crippen LogP contribution in [-0.2, 0) is 0 Å². The zero-order valence-corrected chi connectivity index (χ0v) is 15.7. The first kappa shape index (κ1) is 17.5. The second-order valence-electron chi connectivity index (χ2n) is 6.15. The Morgan fingerprint density at radius 3 is 2.56 bits per heavy atom. The highest BCUT2D eigenvalue weighted by Crippen LogP contribution is 2.28. The summed E-state index contributed by atoms with van der Waals surface area (Å²) in [6.07, 6.45) is 0. The van der Waals surface area contributed by atoms with E-state index in [1.54, 1.807) is 11.8 Å². The Morgan fingerprint density at radius 1 is 1.04 bits per heavy atom. The van der Waals surface area contributed by atoms with Crippen LogP contribution in [0.25, 0.3) is 11.4 Å². The van der Waals surface area contributed by atoms with E-state index in [1.165, 1.54) is 5.56 Å². The smallest absolute Gasteiger partial charge is 0.191 e. The zero-order chi connectivity index (χ0) is 17.6. The van der Waals surface area contributed by atoms with Crippen molar-refractivity contribution in [2.24, 2.45) is 0 Å². The maximum atomic E-state index is 5.76. The predicted octanol–water partition coefficient (Wildman–Crippen LogP) is 5.01. The third-order valence-corrected chi connectivity index (χ3v) is 4.69. The normalized spacial score (nSPS) is 11.0. The van der Waals surface area contributed by atoms with Crippen molar-refractivity contribution in [1.29, 1.82) is 0 Å². The van der Waals surface area contributed by atoms with Crippen LogP contribution in [0.4, 0.5) is 0 Å². The van der Waals surface area contributed by atoms with Crippen LogP contribution in [0.1, 0.15) is 25.5 Å². The second-order valence-corrected chi connectivity index (χ2v) is 7.21. The molecule has 0 amide bonds. The summed E-state index contributed by atoms with van der Waals surface area (Å²) in [5.41, 5.74) is 2.33. The maximum absolute atomic E-state index is 5.76. The van der Waals surface area contributed by atoms with Crippen LogP contribution in [-0.4, -0.2) is 27.1 Å². The van der Waals surface area contributed by atoms with Gasteiger partial charge < -0.3 is 4.74 Å². The number of benzene rings is 2. The van der Waals surface area contributed by atoms with Crippen molar-refractivity contribution < 1.29 is 4.74 Å². The Morgan fingerprint density at radius 2 is 1.84 bits per heavy atom. The van der Waals surface area contributed by atoms with Crippen molar-refractivity contribution in [3.05, 3.63) is 60.2 Å². The molecule has 5 heteroatoms. The van der Waals surface area contributed by atoms with Crippen LogP contribution in [0, 0.1) is 6.92 Å². The zero-order valence-electron chi connectivity index (χ0n) is 14.8. The van der Waals surface area contributed by atoms with Gasteiger partial charge >= 0.3 is 0 Å². The molecule has 3 rings (SSSR count). The number of rotatable bonds is 7. The van der Waals surface area contributed by atoms with Gasteiger partial charge in [-0.3, -0.25) is 4.57 Å². The lowest BCUT2D eigenvalue weighted by molar-refractivity contribution is 0.343. The Kier molecular flexibility index (Phi) is 5.76. The minimum atomic E-state index is 0.294. The quantitative estimate of drug-likeness (QED) is 0.442. The molecule has 0 saturated heterocycles. The maximum Gasteiger partial charge on any atom is 0.191 e. The molecule has 0 aliphatic carbocycles. The van der Waals surface area contributed by atoms with Gasteiger partial charge in [-0.1, -0.05) is 53.7 Å². The predicted molar refractivity (Wildman–Crippen MR) is 103 cm³/mol. The van der Waals surface area contributed by atoms with Gasteiger partial charge in [-0.15, -0.1) is 10.2 Å². The molecule has 0 unspecified atom stereocenters. The van der Waals surface area contributed by atoms with Gasteiger partial charge in [0.25, 0.3) is 0 Å². The lowest BCUT2D eigenvalue weighted by atomic mass is 10.1. The lowest BCUT2D eigenvalue weighted by Crippen LogP contribution is -2.07. The van der Waals surface area contributed by atoms with Crippen molar-refractivity contribution in [1.82, 2.24) is 14.8 Å². The first-order chi connectivity index (χ1) is 12.1. The summed E-state index contributed by atoms with van der Waals surface area (Å²) in [5.74, 6) is 2.65. The molecule has 0 N–H and O–H groups in total. The van der Waals surface area contributed by atoms with Gasteiger partial charge in [0.2, 0.25) is 0 Å². The minimum absolute atomic E-state index is 0.294. The second kappa shape index (κ2) is 8.21. The summed E-state index contributed by atoms with van der Waals surface area (Å²) in [4.78, 5) is 0. The third kappa shape index (κ3) is 4.42. The van der Waals surface area contributed by atoms with Gasteiger partial charge in [0.05, 0.1) is 6.61 Å². The highest BCUT2D eigenvalue weighted by molar-refractivity contribution is 7.99. The van der Waals surface area contributed by atoms with E-state index in [9.17, 15) is 0 Å². The molecule has 1 heterocycles. The number of thioether (sulfide) groups is 1. The van der Waals surface area contributed by atoms with Crippen molar-refractivity contribution >= 4 is 11.8 Å². The van der Waals surface area contributed by atoms with E-state index in [4.69, 9.17) is 4.74 Å². The van der Waals surface area contributed by atoms with Crippen molar-refractivity contribution in [2.75, 3.05) is 12.4 Å². The molecule has 0 saturated carbocycles. The number of hydrogen-bond donors (Lipinski definition) is 0. The summed E-state index contributed by atoms with van der Waals surface area (Å²) in [5, 5.41) is 9.78. The van der Waals surface area contributed by atoms with E-state index in [2.05, 4.69) is 59.8 Å². The number of nitrogens with zero attached hydrogens (tertiary/aromatic N) is 3. The molecule has 0 aliphatic heterocycles. The van der Waals surface area contributed by atoms with Crippen molar-refractivity contribution in [3.8, 4) is 17.1 Å². The van der Waals surface area contributed by atoms with Crippen LogP contribution in [0.3, 0.4) is 0 Å². The van der Waals surface area contributed by atoms with Gasteiger partial charge in [-0.2, -0.15) is 0 Å². The fourth-order valence-electron chi connectivity index (χ4n) is 2.63. The van der Waals surface area contributed by atoms with E-state index in [0.29, 0.717) is 12.6 Å². The summed E-state index contributed by atoms with van der Waals surface area (Å²) in [6, 6.07) is 18.6. The van der Waals surface area contributed by atoms with E-state index >= 15 is 0 Å². The fourth-order valence-corrected chi connectivity index (χ4v) is 3.52. The lowest BCUT2D eigenvalue weighted by Gasteiger charge is -2.14. The monoisotopic (exact) mass is 353 g/mol. The number of aryl methyl sites for hydroxylation is 1. The molecule has 0 bridgehead atoms. The molecule has 130 valence electrons. The van der Waals surface area contributed by atoms with Gasteiger partial charge in [0, 0.05) is 17.4 Å². The summed E-state index contributed by atoms with van der Waals surface area (Å²) < 4.78 is 7.95. The minimum Gasteiger partial charge on any atom is -0.493 e. The third-order valence-electron chi connectivity index (χ3n) is 3.78. The van der Waals surface area contributed by atoms with E-state index in [-0.39, 0.29) is 0 Å². The van der Waals surface area contributed by atoms with Crippen LogP contribution in [0.2, 0.25) is 0 Å². The number of para-hydroxylation sites is 1. The molecular weight excluding hydrogens is 330 g/mol. The van der Waals surface area contributed by atoms with E-state index in [1.807, 2.05) is 30.3 Å².